The third-order valence-electron chi connectivity index (χ3n) is 5.57. The van der Waals surface area contributed by atoms with Gasteiger partial charge in [0.2, 0.25) is 0 Å². The Morgan fingerprint density at radius 3 is 2.43 bits per heavy atom. The average Bonchev–Trinajstić information content (AvgIpc) is 2.70. The van der Waals surface area contributed by atoms with Crippen molar-refractivity contribution in [2.75, 3.05) is 6.54 Å². The Kier molecular flexibility index (Phi) is 5.01. The first-order valence-electron chi connectivity index (χ1n) is 9.94. The third kappa shape index (κ3) is 3.71. The highest BCUT2D eigenvalue weighted by Gasteiger charge is 2.22. The van der Waals surface area contributed by atoms with E-state index in [1.165, 1.54) is 22.3 Å². The first-order chi connectivity index (χ1) is 13.5. The monoisotopic (exact) mass is 369 g/mol. The molecule has 0 radical (unpaired) electrons. The van der Waals surface area contributed by atoms with E-state index in [9.17, 15) is 0 Å². The van der Waals surface area contributed by atoms with Crippen LogP contribution in [0.25, 0.3) is 22.9 Å². The molecule has 0 fully saturated rings. The first kappa shape index (κ1) is 18.5. The van der Waals surface area contributed by atoms with Crippen molar-refractivity contribution < 1.29 is 0 Å². The second-order valence-electron chi connectivity index (χ2n) is 7.95. The predicted octanol–water partition coefficient (Wildman–Crippen LogP) is 5.14. The maximum absolute atomic E-state index is 7.58. The van der Waals surface area contributed by atoms with E-state index in [4.69, 9.17) is 11.1 Å². The lowest BCUT2D eigenvalue weighted by Gasteiger charge is -2.30. The molecule has 28 heavy (non-hydrogen) atoms. The molecule has 1 atom stereocenters. The summed E-state index contributed by atoms with van der Waals surface area (Å²) < 4.78 is 0. The summed E-state index contributed by atoms with van der Waals surface area (Å²) in [4.78, 5) is 0. The molecule has 1 aliphatic rings. The summed E-state index contributed by atoms with van der Waals surface area (Å²) in [5, 5.41) is 13.5. The Labute approximate surface area is 166 Å². The Bertz CT molecular complexity index is 1060. The summed E-state index contributed by atoms with van der Waals surface area (Å²) >= 11 is 0. The molecule has 0 aliphatic carbocycles. The van der Waals surface area contributed by atoms with Gasteiger partial charge in [-0.05, 0) is 70.1 Å². The largest absolute Gasteiger partial charge is 0.384 e. The fourth-order valence-electron chi connectivity index (χ4n) is 4.03. The summed E-state index contributed by atoms with van der Waals surface area (Å²) in [6, 6.07) is 19.6. The van der Waals surface area contributed by atoms with Gasteiger partial charge in [0.25, 0.3) is 0 Å². The average molecular weight is 370 g/mol. The van der Waals surface area contributed by atoms with Gasteiger partial charge in [-0.2, -0.15) is 0 Å². The van der Waals surface area contributed by atoms with Crippen molar-refractivity contribution in [1.29, 1.82) is 5.41 Å². The lowest BCUT2D eigenvalue weighted by molar-refractivity contribution is 0.395. The molecule has 3 heteroatoms. The van der Waals surface area contributed by atoms with Crippen molar-refractivity contribution in [1.82, 2.24) is 5.32 Å². The van der Waals surface area contributed by atoms with Crippen molar-refractivity contribution >= 4 is 28.8 Å². The number of amidine groups is 1. The Balaban J connectivity index is 1.61. The summed E-state index contributed by atoms with van der Waals surface area (Å²) in [5.74, 6) is 0.686. The fraction of sp³-hybridized carbons (Fsp3) is 0.240. The maximum Gasteiger partial charge on any atom is 0.122 e. The van der Waals surface area contributed by atoms with Crippen LogP contribution in [0.5, 0.6) is 0 Å². The summed E-state index contributed by atoms with van der Waals surface area (Å²) in [7, 11) is 0. The van der Waals surface area contributed by atoms with Crippen molar-refractivity contribution in [2.45, 2.75) is 26.3 Å². The molecule has 4 N–H and O–H groups in total. The van der Waals surface area contributed by atoms with Crippen molar-refractivity contribution in [3.63, 3.8) is 0 Å². The number of rotatable bonds is 4. The second kappa shape index (κ2) is 7.61. The first-order valence-corrected chi connectivity index (χ1v) is 9.94. The molecular formula is C25H27N3. The van der Waals surface area contributed by atoms with Gasteiger partial charge >= 0.3 is 0 Å². The predicted molar refractivity (Wildman–Crippen MR) is 120 cm³/mol. The van der Waals surface area contributed by atoms with Crippen LogP contribution in [0.1, 0.15) is 47.7 Å². The zero-order valence-electron chi connectivity index (χ0n) is 16.5. The van der Waals surface area contributed by atoms with Crippen LogP contribution in [-0.4, -0.2) is 12.4 Å². The summed E-state index contributed by atoms with van der Waals surface area (Å²) in [6.07, 6.45) is 5.47. The van der Waals surface area contributed by atoms with Crippen molar-refractivity contribution in [3.05, 3.63) is 82.4 Å². The van der Waals surface area contributed by atoms with Gasteiger partial charge in [0.05, 0.1) is 0 Å². The number of nitrogens with one attached hydrogen (secondary N) is 2. The van der Waals surface area contributed by atoms with E-state index in [1.807, 2.05) is 18.2 Å². The van der Waals surface area contributed by atoms with E-state index >= 15 is 0 Å². The lowest BCUT2D eigenvalue weighted by Crippen LogP contribution is -2.33. The highest BCUT2D eigenvalue weighted by molar-refractivity contribution is 5.99. The molecule has 3 aromatic carbocycles. The number of fused-ring (bicyclic) bond motifs is 2. The van der Waals surface area contributed by atoms with Crippen LogP contribution in [0.3, 0.4) is 0 Å². The smallest absolute Gasteiger partial charge is 0.122 e. The maximum atomic E-state index is 7.58. The van der Waals surface area contributed by atoms with Gasteiger partial charge in [0, 0.05) is 11.6 Å². The normalized spacial score (nSPS) is 16.6. The Hall–Kier alpha value is -2.91. The minimum Gasteiger partial charge on any atom is -0.384 e. The molecule has 0 amide bonds. The van der Waals surface area contributed by atoms with Gasteiger partial charge in [-0.3, -0.25) is 5.41 Å². The van der Waals surface area contributed by atoms with Gasteiger partial charge in [-0.25, -0.2) is 0 Å². The molecule has 0 bridgehead atoms. The van der Waals surface area contributed by atoms with Crippen LogP contribution in [0.2, 0.25) is 0 Å². The molecule has 3 aromatic rings. The third-order valence-corrected chi connectivity index (χ3v) is 5.57. The number of hydrogen-bond donors (Lipinski definition) is 3. The highest BCUT2D eigenvalue weighted by Crippen LogP contribution is 2.30. The van der Waals surface area contributed by atoms with Gasteiger partial charge in [-0.15, -0.1) is 0 Å². The van der Waals surface area contributed by atoms with E-state index < -0.39 is 0 Å². The number of nitrogens with two attached hydrogens (primary N) is 1. The van der Waals surface area contributed by atoms with Gasteiger partial charge in [0.1, 0.15) is 5.84 Å². The molecule has 1 aliphatic heterocycles. The van der Waals surface area contributed by atoms with Crippen LogP contribution in [0.4, 0.5) is 0 Å². The minimum absolute atomic E-state index is 0.104. The molecule has 142 valence electrons. The quantitative estimate of drug-likeness (QED) is 0.339. The highest BCUT2D eigenvalue weighted by atomic mass is 14.9. The summed E-state index contributed by atoms with van der Waals surface area (Å²) in [6.45, 7) is 5.62. The van der Waals surface area contributed by atoms with E-state index in [2.05, 4.69) is 67.7 Å². The number of hydrogen-bond acceptors (Lipinski definition) is 2. The van der Waals surface area contributed by atoms with Crippen molar-refractivity contribution in [3.8, 4) is 0 Å². The van der Waals surface area contributed by atoms with Crippen LogP contribution in [-0.2, 0) is 6.42 Å². The minimum atomic E-state index is 0.104. The zero-order valence-corrected chi connectivity index (χ0v) is 16.5. The second-order valence-corrected chi connectivity index (χ2v) is 7.95. The van der Waals surface area contributed by atoms with Crippen LogP contribution in [0.15, 0.2) is 54.6 Å². The number of benzene rings is 3. The fourth-order valence-corrected chi connectivity index (χ4v) is 4.03. The Morgan fingerprint density at radius 1 is 1.00 bits per heavy atom. The van der Waals surface area contributed by atoms with E-state index in [0.717, 1.165) is 29.3 Å². The molecule has 0 saturated heterocycles. The van der Waals surface area contributed by atoms with E-state index in [-0.39, 0.29) is 5.84 Å². The van der Waals surface area contributed by atoms with Crippen molar-refractivity contribution in [2.24, 2.45) is 11.7 Å². The van der Waals surface area contributed by atoms with Gasteiger partial charge in [-0.1, -0.05) is 62.4 Å². The molecule has 0 saturated carbocycles. The zero-order chi connectivity index (χ0) is 19.7. The molecule has 0 aromatic heterocycles. The van der Waals surface area contributed by atoms with Crippen LogP contribution >= 0.6 is 0 Å². The number of nitrogen functional groups attached to an aromatic ring is 1. The van der Waals surface area contributed by atoms with E-state index in [1.54, 1.807) is 0 Å². The topological polar surface area (TPSA) is 61.9 Å². The SMILES string of the molecule is CC(C)C1NCCc2ccc(C=Cc3ccc4cc(C(=N)N)ccc4c3)cc21. The lowest BCUT2D eigenvalue weighted by atomic mass is 9.87. The van der Waals surface area contributed by atoms with Gasteiger partial charge < -0.3 is 11.1 Å². The van der Waals surface area contributed by atoms with Crippen LogP contribution < -0.4 is 11.1 Å². The standard InChI is InChI=1S/C25H27N3/c1-16(2)24-23-14-18(5-7-19(23)11-12-28-24)4-3-17-6-8-21-15-22(25(26)27)10-9-20(21)13-17/h3-10,13-16,24,28H,11-12H2,1-2H3,(H3,26,27). The van der Waals surface area contributed by atoms with Gasteiger partial charge in [0.15, 0.2) is 0 Å². The molecule has 4 rings (SSSR count). The molecule has 3 nitrogen and oxygen atoms in total. The summed E-state index contributed by atoms with van der Waals surface area (Å²) in [5.41, 5.74) is 11.7. The Morgan fingerprint density at radius 2 is 1.68 bits per heavy atom. The van der Waals surface area contributed by atoms with E-state index in [0.29, 0.717) is 12.0 Å². The van der Waals surface area contributed by atoms with Crippen LogP contribution in [0, 0.1) is 11.3 Å². The molecule has 1 unspecified atom stereocenters. The molecular weight excluding hydrogens is 342 g/mol. The molecule has 1 heterocycles. The molecule has 0 spiro atoms.